The Morgan fingerprint density at radius 2 is 2.17 bits per heavy atom. The van der Waals surface area contributed by atoms with Gasteiger partial charge in [0, 0.05) is 10.5 Å². The zero-order valence-corrected chi connectivity index (χ0v) is 8.42. The monoisotopic (exact) mass is 225 g/mol. The van der Waals surface area contributed by atoms with E-state index in [0.717, 1.165) is 10.4 Å². The molecule has 1 nitrogen and oxygen atoms in total. The molecular formula is C10H12BrN. The van der Waals surface area contributed by atoms with Crippen LogP contribution in [-0.2, 0) is 0 Å². The predicted octanol–water partition coefficient (Wildman–Crippen LogP) is 2.86. The van der Waals surface area contributed by atoms with E-state index in [1.165, 1.54) is 18.4 Å². The first-order valence-electron chi connectivity index (χ1n) is 4.28. The van der Waals surface area contributed by atoms with Crippen molar-refractivity contribution in [3.05, 3.63) is 34.3 Å². The van der Waals surface area contributed by atoms with Gasteiger partial charge in [-0.2, -0.15) is 0 Å². The van der Waals surface area contributed by atoms with Crippen LogP contribution in [0.5, 0.6) is 0 Å². The summed E-state index contributed by atoms with van der Waals surface area (Å²) in [7, 11) is 0. The van der Waals surface area contributed by atoms with Gasteiger partial charge in [0.15, 0.2) is 0 Å². The lowest BCUT2D eigenvalue weighted by atomic mass is 10.0. The van der Waals surface area contributed by atoms with Crippen molar-refractivity contribution in [3.63, 3.8) is 0 Å². The van der Waals surface area contributed by atoms with E-state index in [2.05, 4.69) is 28.1 Å². The first-order valence-corrected chi connectivity index (χ1v) is 5.08. The Morgan fingerprint density at radius 3 is 2.75 bits per heavy atom. The Hall–Kier alpha value is -0.340. The van der Waals surface area contributed by atoms with Crippen LogP contribution in [0.4, 0.5) is 0 Å². The average molecular weight is 226 g/mol. The molecule has 1 saturated carbocycles. The molecule has 0 radical (unpaired) electrons. The van der Waals surface area contributed by atoms with Crippen molar-refractivity contribution >= 4 is 15.9 Å². The van der Waals surface area contributed by atoms with Gasteiger partial charge in [-0.1, -0.05) is 28.1 Å². The lowest BCUT2D eigenvalue weighted by Gasteiger charge is -2.10. The standard InChI is InChI=1S/C10H12BrN/c11-9-3-1-2-8(6-9)10(12)7-4-5-7/h1-3,6-7,10H,4-5,12H2/t10-/m0/s1. The minimum absolute atomic E-state index is 0.252. The maximum Gasteiger partial charge on any atom is 0.0323 e. The molecule has 0 aromatic heterocycles. The third-order valence-corrected chi connectivity index (χ3v) is 2.86. The van der Waals surface area contributed by atoms with Gasteiger partial charge in [0.2, 0.25) is 0 Å². The van der Waals surface area contributed by atoms with Gasteiger partial charge in [-0.15, -0.1) is 0 Å². The lowest BCUT2D eigenvalue weighted by Crippen LogP contribution is -2.11. The number of hydrogen-bond donors (Lipinski definition) is 1. The molecule has 0 saturated heterocycles. The van der Waals surface area contributed by atoms with Crippen molar-refractivity contribution in [2.75, 3.05) is 0 Å². The molecule has 2 rings (SSSR count). The number of benzene rings is 1. The maximum absolute atomic E-state index is 6.05. The Bertz CT molecular complexity index is 281. The van der Waals surface area contributed by atoms with Gasteiger partial charge >= 0.3 is 0 Å². The van der Waals surface area contributed by atoms with E-state index in [9.17, 15) is 0 Å². The minimum Gasteiger partial charge on any atom is -0.324 e. The molecule has 0 aliphatic heterocycles. The van der Waals surface area contributed by atoms with Gasteiger partial charge < -0.3 is 5.73 Å². The van der Waals surface area contributed by atoms with Crippen molar-refractivity contribution in [2.45, 2.75) is 18.9 Å². The van der Waals surface area contributed by atoms with E-state index in [4.69, 9.17) is 5.73 Å². The molecule has 1 atom stereocenters. The molecule has 64 valence electrons. The normalized spacial score (nSPS) is 19.2. The van der Waals surface area contributed by atoms with Crippen LogP contribution < -0.4 is 5.73 Å². The van der Waals surface area contributed by atoms with Crippen LogP contribution in [0.1, 0.15) is 24.4 Å². The lowest BCUT2D eigenvalue weighted by molar-refractivity contribution is 0.633. The smallest absolute Gasteiger partial charge is 0.0323 e. The highest BCUT2D eigenvalue weighted by atomic mass is 79.9. The second-order valence-corrected chi connectivity index (χ2v) is 4.33. The van der Waals surface area contributed by atoms with Gasteiger partial charge in [0.1, 0.15) is 0 Å². The predicted molar refractivity (Wildman–Crippen MR) is 53.8 cm³/mol. The quantitative estimate of drug-likeness (QED) is 0.824. The topological polar surface area (TPSA) is 26.0 Å². The first-order chi connectivity index (χ1) is 5.77. The van der Waals surface area contributed by atoms with E-state index in [1.54, 1.807) is 0 Å². The summed E-state index contributed by atoms with van der Waals surface area (Å²) in [5.74, 6) is 0.735. The molecule has 12 heavy (non-hydrogen) atoms. The van der Waals surface area contributed by atoms with Crippen LogP contribution in [0.15, 0.2) is 28.7 Å². The number of halogens is 1. The van der Waals surface area contributed by atoms with Crippen molar-refractivity contribution in [1.82, 2.24) is 0 Å². The highest BCUT2D eigenvalue weighted by Crippen LogP contribution is 2.39. The molecule has 0 unspecified atom stereocenters. The fourth-order valence-electron chi connectivity index (χ4n) is 1.44. The van der Waals surface area contributed by atoms with E-state index in [1.807, 2.05) is 12.1 Å². The van der Waals surface area contributed by atoms with Crippen LogP contribution in [0, 0.1) is 5.92 Å². The fraction of sp³-hybridized carbons (Fsp3) is 0.400. The van der Waals surface area contributed by atoms with Crippen molar-refractivity contribution in [1.29, 1.82) is 0 Å². The zero-order chi connectivity index (χ0) is 8.55. The number of rotatable bonds is 2. The summed E-state index contributed by atoms with van der Waals surface area (Å²) in [6, 6.07) is 8.55. The third-order valence-electron chi connectivity index (χ3n) is 2.36. The molecule has 1 aromatic rings. The molecule has 1 aliphatic rings. The Morgan fingerprint density at radius 1 is 1.42 bits per heavy atom. The molecule has 2 heteroatoms. The number of nitrogens with two attached hydrogens (primary N) is 1. The van der Waals surface area contributed by atoms with Gasteiger partial charge in [-0.3, -0.25) is 0 Å². The molecule has 1 aliphatic carbocycles. The van der Waals surface area contributed by atoms with Crippen LogP contribution in [-0.4, -0.2) is 0 Å². The fourth-order valence-corrected chi connectivity index (χ4v) is 1.86. The van der Waals surface area contributed by atoms with E-state index in [-0.39, 0.29) is 6.04 Å². The second-order valence-electron chi connectivity index (χ2n) is 3.42. The molecule has 0 amide bonds. The molecular weight excluding hydrogens is 214 g/mol. The molecule has 0 spiro atoms. The van der Waals surface area contributed by atoms with Gasteiger partial charge in [0.25, 0.3) is 0 Å². The molecule has 1 fully saturated rings. The Labute approximate surface area is 81.1 Å². The minimum atomic E-state index is 0.252. The third kappa shape index (κ3) is 1.70. The van der Waals surface area contributed by atoms with Crippen LogP contribution in [0.3, 0.4) is 0 Å². The summed E-state index contributed by atoms with van der Waals surface area (Å²) >= 11 is 3.44. The summed E-state index contributed by atoms with van der Waals surface area (Å²) < 4.78 is 1.12. The highest BCUT2D eigenvalue weighted by molar-refractivity contribution is 9.10. The Kier molecular flexibility index (Phi) is 2.20. The zero-order valence-electron chi connectivity index (χ0n) is 6.83. The molecule has 1 aromatic carbocycles. The molecule has 2 N–H and O–H groups in total. The van der Waals surface area contributed by atoms with Crippen molar-refractivity contribution < 1.29 is 0 Å². The second kappa shape index (κ2) is 3.19. The summed E-state index contributed by atoms with van der Waals surface area (Å²) in [6.45, 7) is 0. The summed E-state index contributed by atoms with van der Waals surface area (Å²) in [4.78, 5) is 0. The van der Waals surface area contributed by atoms with Crippen LogP contribution in [0.25, 0.3) is 0 Å². The first kappa shape index (κ1) is 8.27. The average Bonchev–Trinajstić information content (AvgIpc) is 2.85. The van der Waals surface area contributed by atoms with Gasteiger partial charge in [-0.05, 0) is 36.5 Å². The van der Waals surface area contributed by atoms with E-state index < -0.39 is 0 Å². The molecule has 0 heterocycles. The van der Waals surface area contributed by atoms with E-state index in [0.29, 0.717) is 0 Å². The molecule has 0 bridgehead atoms. The van der Waals surface area contributed by atoms with Gasteiger partial charge in [-0.25, -0.2) is 0 Å². The largest absolute Gasteiger partial charge is 0.324 e. The van der Waals surface area contributed by atoms with Crippen molar-refractivity contribution in [3.8, 4) is 0 Å². The van der Waals surface area contributed by atoms with Gasteiger partial charge in [0.05, 0.1) is 0 Å². The SMILES string of the molecule is N[C@H](c1cccc(Br)c1)C1CC1. The van der Waals surface area contributed by atoms with Crippen LogP contribution in [0.2, 0.25) is 0 Å². The highest BCUT2D eigenvalue weighted by Gasteiger charge is 2.29. The van der Waals surface area contributed by atoms with Crippen LogP contribution >= 0.6 is 15.9 Å². The number of hydrogen-bond acceptors (Lipinski definition) is 1. The summed E-state index contributed by atoms with van der Waals surface area (Å²) in [5.41, 5.74) is 7.30. The van der Waals surface area contributed by atoms with E-state index >= 15 is 0 Å². The van der Waals surface area contributed by atoms with Crippen molar-refractivity contribution in [2.24, 2.45) is 11.7 Å². The maximum atomic E-state index is 6.05. The summed E-state index contributed by atoms with van der Waals surface area (Å²) in [6.07, 6.45) is 2.60. The Balaban J connectivity index is 2.20. The summed E-state index contributed by atoms with van der Waals surface area (Å²) in [5, 5.41) is 0.